The number of hydrazone groups is 1. The molecule has 4 rings (SSSR count). The van der Waals surface area contributed by atoms with Crippen LogP contribution in [0.1, 0.15) is 11.1 Å². The lowest BCUT2D eigenvalue weighted by atomic mass is 10.2. The van der Waals surface area contributed by atoms with Crippen molar-refractivity contribution in [2.24, 2.45) is 5.10 Å². The van der Waals surface area contributed by atoms with Gasteiger partial charge in [0.15, 0.2) is 6.61 Å². The van der Waals surface area contributed by atoms with Crippen molar-refractivity contribution in [2.75, 3.05) is 11.6 Å². The molecule has 3 aromatic carbocycles. The lowest BCUT2D eigenvalue weighted by Crippen LogP contribution is -2.30. The minimum Gasteiger partial charge on any atom is -0.484 e. The van der Waals surface area contributed by atoms with Gasteiger partial charge in [-0.25, -0.2) is 4.98 Å². The van der Waals surface area contributed by atoms with Crippen molar-refractivity contribution >= 4 is 50.4 Å². The molecule has 0 fully saturated rings. The number of anilines is 1. The van der Waals surface area contributed by atoms with Crippen molar-refractivity contribution in [3.8, 4) is 5.75 Å². The molecule has 0 saturated carbocycles. The number of hydrogen-bond donors (Lipinski definition) is 0. The molecule has 1 aromatic heterocycles. The number of halogens is 1. The highest BCUT2D eigenvalue weighted by atomic mass is 35.5. The summed E-state index contributed by atoms with van der Waals surface area (Å²) in [4.78, 5) is 17.6. The molecule has 5 nitrogen and oxygen atoms in total. The number of aryl methyl sites for hydroxylation is 1. The molecular formula is C23H18ClN3O2S. The van der Waals surface area contributed by atoms with Gasteiger partial charge in [0, 0.05) is 5.02 Å². The minimum atomic E-state index is -0.326. The second kappa shape index (κ2) is 9.07. The van der Waals surface area contributed by atoms with Crippen molar-refractivity contribution in [3.63, 3.8) is 0 Å². The number of ether oxygens (including phenoxy) is 1. The fourth-order valence-electron chi connectivity index (χ4n) is 2.73. The molecule has 30 heavy (non-hydrogen) atoms. The van der Waals surface area contributed by atoms with Crippen LogP contribution in [0.3, 0.4) is 0 Å². The first-order valence-corrected chi connectivity index (χ1v) is 10.5. The Labute approximate surface area is 183 Å². The van der Waals surface area contributed by atoms with Crippen LogP contribution in [0, 0.1) is 6.92 Å². The van der Waals surface area contributed by atoms with Crippen molar-refractivity contribution in [2.45, 2.75) is 6.92 Å². The van der Waals surface area contributed by atoms with Gasteiger partial charge >= 0.3 is 0 Å². The molecule has 7 heteroatoms. The van der Waals surface area contributed by atoms with E-state index in [1.807, 2.05) is 55.5 Å². The topological polar surface area (TPSA) is 54.8 Å². The van der Waals surface area contributed by atoms with Gasteiger partial charge in [-0.2, -0.15) is 10.1 Å². The molecule has 1 heterocycles. The van der Waals surface area contributed by atoms with E-state index in [4.69, 9.17) is 16.3 Å². The predicted molar refractivity (Wildman–Crippen MR) is 123 cm³/mol. The van der Waals surface area contributed by atoms with Crippen LogP contribution in [0.15, 0.2) is 77.9 Å². The number of hydrogen-bond acceptors (Lipinski definition) is 5. The molecule has 0 atom stereocenters. The van der Waals surface area contributed by atoms with Gasteiger partial charge in [-0.15, -0.1) is 0 Å². The van der Waals surface area contributed by atoms with Crippen LogP contribution in [-0.4, -0.2) is 23.7 Å². The molecule has 0 aliphatic heterocycles. The highest BCUT2D eigenvalue weighted by Crippen LogP contribution is 2.30. The lowest BCUT2D eigenvalue weighted by Gasteiger charge is -2.14. The van der Waals surface area contributed by atoms with Crippen LogP contribution >= 0.6 is 22.9 Å². The summed E-state index contributed by atoms with van der Waals surface area (Å²) < 4.78 is 6.62. The molecule has 0 spiro atoms. The summed E-state index contributed by atoms with van der Waals surface area (Å²) in [5.74, 6) is 0.229. The van der Waals surface area contributed by atoms with E-state index in [0.717, 1.165) is 21.3 Å². The van der Waals surface area contributed by atoms with Crippen LogP contribution in [0.25, 0.3) is 10.2 Å². The Morgan fingerprint density at radius 2 is 1.90 bits per heavy atom. The maximum absolute atomic E-state index is 13.0. The fraction of sp³-hybridized carbons (Fsp3) is 0.0870. The van der Waals surface area contributed by atoms with Gasteiger partial charge in [-0.3, -0.25) is 4.79 Å². The number of fused-ring (bicyclic) bond motifs is 1. The number of aromatic nitrogens is 1. The maximum atomic E-state index is 13.0. The molecule has 150 valence electrons. The van der Waals surface area contributed by atoms with E-state index in [-0.39, 0.29) is 12.5 Å². The van der Waals surface area contributed by atoms with Gasteiger partial charge < -0.3 is 4.74 Å². The summed E-state index contributed by atoms with van der Waals surface area (Å²) >= 11 is 7.31. The van der Waals surface area contributed by atoms with Crippen LogP contribution in [-0.2, 0) is 4.79 Å². The third-order valence-electron chi connectivity index (χ3n) is 4.25. The number of amides is 1. The summed E-state index contributed by atoms with van der Waals surface area (Å²) in [6.45, 7) is 1.85. The average molecular weight is 436 g/mol. The minimum absolute atomic E-state index is 0.178. The van der Waals surface area contributed by atoms with E-state index in [1.165, 1.54) is 16.3 Å². The number of nitrogens with zero attached hydrogens (tertiary/aromatic N) is 3. The maximum Gasteiger partial charge on any atom is 0.287 e. The Kier molecular flexibility index (Phi) is 6.07. The number of thiazole rings is 1. The second-order valence-electron chi connectivity index (χ2n) is 6.57. The molecular weight excluding hydrogens is 418 g/mol. The van der Waals surface area contributed by atoms with E-state index >= 15 is 0 Å². The smallest absolute Gasteiger partial charge is 0.287 e. The molecule has 0 bridgehead atoms. The summed E-state index contributed by atoms with van der Waals surface area (Å²) in [5.41, 5.74) is 2.84. The van der Waals surface area contributed by atoms with Crippen LogP contribution in [0.5, 0.6) is 5.75 Å². The second-order valence-corrected chi connectivity index (χ2v) is 8.02. The van der Waals surface area contributed by atoms with E-state index in [9.17, 15) is 4.79 Å². The quantitative estimate of drug-likeness (QED) is 0.288. The van der Waals surface area contributed by atoms with E-state index in [2.05, 4.69) is 10.1 Å². The lowest BCUT2D eigenvalue weighted by molar-refractivity contribution is -0.120. The van der Waals surface area contributed by atoms with Gasteiger partial charge in [0.25, 0.3) is 5.91 Å². The third kappa shape index (κ3) is 4.84. The standard InChI is InChI=1S/C23H18ClN3O2S/c1-16-7-12-20-21(13-16)30-23(26-20)27(25-14-17-5-3-2-4-6-17)22(28)15-29-19-10-8-18(24)9-11-19/h2-14H,15H2,1H3/b25-14+. The number of rotatable bonds is 6. The van der Waals surface area contributed by atoms with Crippen LogP contribution in [0.4, 0.5) is 5.13 Å². The zero-order chi connectivity index (χ0) is 20.9. The summed E-state index contributed by atoms with van der Waals surface area (Å²) in [6, 6.07) is 22.4. The Hall–Kier alpha value is -3.22. The van der Waals surface area contributed by atoms with E-state index < -0.39 is 0 Å². The van der Waals surface area contributed by atoms with Gasteiger partial charge in [-0.1, -0.05) is 59.3 Å². The molecule has 0 N–H and O–H groups in total. The van der Waals surface area contributed by atoms with Gasteiger partial charge in [0.1, 0.15) is 5.75 Å². The number of benzene rings is 3. The van der Waals surface area contributed by atoms with Gasteiger partial charge in [0.05, 0.1) is 16.4 Å². The first kappa shape index (κ1) is 20.1. The molecule has 0 saturated heterocycles. The highest BCUT2D eigenvalue weighted by Gasteiger charge is 2.20. The first-order chi connectivity index (χ1) is 14.6. The third-order valence-corrected chi connectivity index (χ3v) is 5.49. The molecule has 0 aliphatic rings. The predicted octanol–water partition coefficient (Wildman–Crippen LogP) is 5.70. The molecule has 0 radical (unpaired) electrons. The van der Waals surface area contributed by atoms with Gasteiger partial charge in [-0.05, 0) is 54.4 Å². The Bertz CT molecular complexity index is 1190. The Balaban J connectivity index is 1.60. The molecule has 0 aliphatic carbocycles. The Morgan fingerprint density at radius 1 is 1.13 bits per heavy atom. The molecule has 0 unspecified atom stereocenters. The summed E-state index contributed by atoms with van der Waals surface area (Å²) in [5, 5.41) is 6.81. The van der Waals surface area contributed by atoms with Crippen LogP contribution < -0.4 is 9.75 Å². The number of carbonyl (C=O) groups excluding carboxylic acids is 1. The monoisotopic (exact) mass is 435 g/mol. The zero-order valence-electron chi connectivity index (χ0n) is 16.2. The fourth-order valence-corrected chi connectivity index (χ4v) is 3.90. The zero-order valence-corrected chi connectivity index (χ0v) is 17.7. The summed E-state index contributed by atoms with van der Waals surface area (Å²) in [6.07, 6.45) is 1.64. The highest BCUT2D eigenvalue weighted by molar-refractivity contribution is 7.22. The normalized spacial score (nSPS) is 11.1. The van der Waals surface area contributed by atoms with Gasteiger partial charge in [0.2, 0.25) is 5.13 Å². The summed E-state index contributed by atoms with van der Waals surface area (Å²) in [7, 11) is 0. The van der Waals surface area contributed by atoms with Crippen molar-refractivity contribution in [1.82, 2.24) is 4.98 Å². The van der Waals surface area contributed by atoms with Crippen molar-refractivity contribution in [3.05, 3.63) is 88.9 Å². The van der Waals surface area contributed by atoms with Crippen molar-refractivity contribution in [1.29, 1.82) is 0 Å². The largest absolute Gasteiger partial charge is 0.484 e. The molecule has 4 aromatic rings. The molecule has 1 amide bonds. The SMILES string of the molecule is Cc1ccc2nc(N(/N=C/c3ccccc3)C(=O)COc3ccc(Cl)cc3)sc2c1. The average Bonchev–Trinajstić information content (AvgIpc) is 3.17. The Morgan fingerprint density at radius 3 is 2.67 bits per heavy atom. The van der Waals surface area contributed by atoms with E-state index in [0.29, 0.717) is 15.9 Å². The number of carbonyl (C=O) groups is 1. The van der Waals surface area contributed by atoms with Crippen molar-refractivity contribution < 1.29 is 9.53 Å². The van der Waals surface area contributed by atoms with E-state index in [1.54, 1.807) is 30.5 Å². The first-order valence-electron chi connectivity index (χ1n) is 9.26. The van der Waals surface area contributed by atoms with Crippen LogP contribution in [0.2, 0.25) is 5.02 Å².